The predicted octanol–water partition coefficient (Wildman–Crippen LogP) is 1.73. The summed E-state index contributed by atoms with van der Waals surface area (Å²) in [7, 11) is -3.17. The van der Waals surface area contributed by atoms with Crippen LogP contribution in [0.3, 0.4) is 0 Å². The molecule has 1 aromatic rings. The van der Waals surface area contributed by atoms with E-state index < -0.39 is 39.3 Å². The molecular formula is C18H24N2O7S. The fourth-order valence-corrected chi connectivity index (χ4v) is 4.83. The molecule has 1 amide bonds. The van der Waals surface area contributed by atoms with Gasteiger partial charge in [0.2, 0.25) is 0 Å². The number of hydrogen-bond acceptors (Lipinski definition) is 7. The number of nitrogens with zero attached hydrogens (tertiary/aromatic N) is 2. The number of hydrogen-bond donors (Lipinski definition) is 0. The van der Waals surface area contributed by atoms with Crippen molar-refractivity contribution >= 4 is 27.4 Å². The molecule has 1 aliphatic heterocycles. The molecule has 0 saturated carbocycles. The van der Waals surface area contributed by atoms with Gasteiger partial charge in [-0.05, 0) is 25.3 Å². The van der Waals surface area contributed by atoms with Gasteiger partial charge in [-0.3, -0.25) is 14.9 Å². The van der Waals surface area contributed by atoms with Gasteiger partial charge in [0.05, 0.1) is 22.0 Å². The molecule has 10 heteroatoms. The molecule has 0 radical (unpaired) electrons. The van der Waals surface area contributed by atoms with Gasteiger partial charge in [0.15, 0.2) is 16.4 Å². The van der Waals surface area contributed by atoms with Gasteiger partial charge < -0.3 is 9.64 Å². The van der Waals surface area contributed by atoms with E-state index in [9.17, 15) is 28.1 Å². The Morgan fingerprint density at radius 1 is 1.36 bits per heavy atom. The van der Waals surface area contributed by atoms with Gasteiger partial charge in [0.25, 0.3) is 11.6 Å². The minimum Gasteiger partial charge on any atom is -0.452 e. The lowest BCUT2D eigenvalue weighted by Gasteiger charge is -2.29. The summed E-state index contributed by atoms with van der Waals surface area (Å²) in [6, 6.07) is 3.51. The third-order valence-corrected chi connectivity index (χ3v) is 6.25. The van der Waals surface area contributed by atoms with Crippen molar-refractivity contribution < 1.29 is 27.7 Å². The monoisotopic (exact) mass is 412 g/mol. The van der Waals surface area contributed by atoms with Crippen molar-refractivity contribution in [3.05, 3.63) is 39.4 Å². The Balaban J connectivity index is 2.06. The van der Waals surface area contributed by atoms with Crippen LogP contribution in [0.2, 0.25) is 0 Å². The van der Waals surface area contributed by atoms with E-state index >= 15 is 0 Å². The van der Waals surface area contributed by atoms with Crippen LogP contribution in [-0.4, -0.2) is 60.8 Å². The SMILES string of the molecule is Cc1ccc(C(=O)OCC(=O)N(CC(C)C)C2CCS(=O)(=O)C2)cc1[N+](=O)[O-]. The van der Waals surface area contributed by atoms with Crippen LogP contribution in [0.1, 0.15) is 36.2 Å². The molecule has 1 unspecified atom stereocenters. The van der Waals surface area contributed by atoms with Crippen molar-refractivity contribution in [1.29, 1.82) is 0 Å². The number of carbonyl (C=O) groups excluding carboxylic acids is 2. The van der Waals surface area contributed by atoms with Crippen LogP contribution in [0.15, 0.2) is 18.2 Å². The molecule has 1 heterocycles. The summed E-state index contributed by atoms with van der Waals surface area (Å²) < 4.78 is 28.5. The molecule has 154 valence electrons. The highest BCUT2D eigenvalue weighted by Crippen LogP contribution is 2.21. The molecule has 1 aliphatic rings. The number of rotatable bonds is 7. The average molecular weight is 412 g/mol. The van der Waals surface area contributed by atoms with E-state index in [1.807, 2.05) is 13.8 Å². The van der Waals surface area contributed by atoms with E-state index in [0.717, 1.165) is 6.07 Å². The summed E-state index contributed by atoms with van der Waals surface area (Å²) in [5.74, 6) is -1.27. The molecule has 1 fully saturated rings. The largest absolute Gasteiger partial charge is 0.452 e. The predicted molar refractivity (Wildman–Crippen MR) is 102 cm³/mol. The second kappa shape index (κ2) is 8.68. The van der Waals surface area contributed by atoms with E-state index in [1.165, 1.54) is 17.0 Å². The number of ether oxygens (including phenoxy) is 1. The summed E-state index contributed by atoms with van der Waals surface area (Å²) >= 11 is 0. The summed E-state index contributed by atoms with van der Waals surface area (Å²) in [6.07, 6.45) is 0.360. The minimum absolute atomic E-state index is 0.0241. The summed E-state index contributed by atoms with van der Waals surface area (Å²) in [5, 5.41) is 11.0. The Bertz CT molecular complexity index is 880. The summed E-state index contributed by atoms with van der Waals surface area (Å²) in [6.45, 7) is 5.16. The minimum atomic E-state index is -3.17. The highest BCUT2D eigenvalue weighted by Gasteiger charge is 2.35. The first-order chi connectivity index (χ1) is 13.0. The lowest BCUT2D eigenvalue weighted by Crippen LogP contribution is -2.45. The van der Waals surface area contributed by atoms with Gasteiger partial charge in [-0.2, -0.15) is 0 Å². The Hall–Kier alpha value is -2.49. The third-order valence-electron chi connectivity index (χ3n) is 4.50. The quantitative estimate of drug-likeness (QED) is 0.379. The van der Waals surface area contributed by atoms with E-state index in [1.54, 1.807) is 6.92 Å². The Kier molecular flexibility index (Phi) is 6.76. The van der Waals surface area contributed by atoms with Crippen molar-refractivity contribution in [2.75, 3.05) is 24.7 Å². The fraction of sp³-hybridized carbons (Fsp3) is 0.556. The van der Waals surface area contributed by atoms with Gasteiger partial charge in [0, 0.05) is 24.2 Å². The lowest BCUT2D eigenvalue weighted by molar-refractivity contribution is -0.385. The zero-order valence-corrected chi connectivity index (χ0v) is 16.9. The number of esters is 1. The van der Waals surface area contributed by atoms with E-state index in [2.05, 4.69) is 0 Å². The molecule has 0 aliphatic carbocycles. The van der Waals surface area contributed by atoms with Crippen LogP contribution in [0, 0.1) is 23.0 Å². The number of amides is 1. The van der Waals surface area contributed by atoms with E-state index in [-0.39, 0.29) is 28.7 Å². The van der Waals surface area contributed by atoms with Crippen LogP contribution >= 0.6 is 0 Å². The summed E-state index contributed by atoms with van der Waals surface area (Å²) in [4.78, 5) is 36.6. The molecule has 28 heavy (non-hydrogen) atoms. The Morgan fingerprint density at radius 2 is 2.04 bits per heavy atom. The molecular weight excluding hydrogens is 388 g/mol. The fourth-order valence-electron chi connectivity index (χ4n) is 3.10. The number of benzene rings is 1. The molecule has 1 aromatic carbocycles. The van der Waals surface area contributed by atoms with Crippen molar-refractivity contribution in [3.63, 3.8) is 0 Å². The van der Waals surface area contributed by atoms with Crippen LogP contribution in [0.4, 0.5) is 5.69 Å². The molecule has 0 spiro atoms. The maximum Gasteiger partial charge on any atom is 0.338 e. The lowest BCUT2D eigenvalue weighted by atomic mass is 10.1. The molecule has 0 N–H and O–H groups in total. The van der Waals surface area contributed by atoms with Gasteiger partial charge >= 0.3 is 5.97 Å². The number of sulfone groups is 1. The number of carbonyl (C=O) groups is 2. The maximum absolute atomic E-state index is 12.6. The first-order valence-electron chi connectivity index (χ1n) is 8.92. The molecule has 1 saturated heterocycles. The molecule has 1 atom stereocenters. The Labute approximate surface area is 163 Å². The first-order valence-corrected chi connectivity index (χ1v) is 10.7. The van der Waals surface area contributed by atoms with Gasteiger partial charge in [-0.25, -0.2) is 13.2 Å². The zero-order valence-electron chi connectivity index (χ0n) is 16.1. The summed E-state index contributed by atoms with van der Waals surface area (Å²) in [5.41, 5.74) is 0.172. The molecule has 0 aromatic heterocycles. The standard InChI is InChI=1S/C18H24N2O7S/c1-12(2)9-19(15-6-7-28(25,26)11-15)17(21)10-27-18(22)14-5-4-13(3)16(8-14)20(23)24/h4-5,8,12,15H,6-7,9-11H2,1-3H3. The zero-order chi connectivity index (χ0) is 21.1. The average Bonchev–Trinajstić information content (AvgIpc) is 2.96. The number of nitro groups is 1. The van der Waals surface area contributed by atoms with Crippen molar-refractivity contribution in [3.8, 4) is 0 Å². The normalized spacial score (nSPS) is 18.1. The second-order valence-electron chi connectivity index (χ2n) is 7.33. The molecule has 9 nitrogen and oxygen atoms in total. The first kappa shape index (κ1) is 21.8. The second-order valence-corrected chi connectivity index (χ2v) is 9.56. The highest BCUT2D eigenvalue weighted by molar-refractivity contribution is 7.91. The van der Waals surface area contributed by atoms with Gasteiger partial charge in [0.1, 0.15) is 0 Å². The number of aryl methyl sites for hydroxylation is 1. The smallest absolute Gasteiger partial charge is 0.338 e. The number of nitro benzene ring substituents is 1. The van der Waals surface area contributed by atoms with Crippen LogP contribution < -0.4 is 0 Å². The van der Waals surface area contributed by atoms with E-state index in [0.29, 0.717) is 18.5 Å². The molecule has 0 bridgehead atoms. The Morgan fingerprint density at radius 3 is 2.57 bits per heavy atom. The highest BCUT2D eigenvalue weighted by atomic mass is 32.2. The van der Waals surface area contributed by atoms with Crippen LogP contribution in [0.5, 0.6) is 0 Å². The molecule has 2 rings (SSSR count). The van der Waals surface area contributed by atoms with Gasteiger partial charge in [-0.15, -0.1) is 0 Å². The maximum atomic E-state index is 12.6. The van der Waals surface area contributed by atoms with Crippen molar-refractivity contribution in [2.24, 2.45) is 5.92 Å². The van der Waals surface area contributed by atoms with E-state index in [4.69, 9.17) is 4.74 Å². The third kappa shape index (κ3) is 5.51. The van der Waals surface area contributed by atoms with Crippen LogP contribution in [0.25, 0.3) is 0 Å². The van der Waals surface area contributed by atoms with Gasteiger partial charge in [-0.1, -0.05) is 19.9 Å². The van der Waals surface area contributed by atoms with Crippen LogP contribution in [-0.2, 0) is 19.4 Å². The topological polar surface area (TPSA) is 124 Å². The van der Waals surface area contributed by atoms with Crippen molar-refractivity contribution in [2.45, 2.75) is 33.2 Å². The van der Waals surface area contributed by atoms with Crippen molar-refractivity contribution in [1.82, 2.24) is 4.90 Å².